The molecule has 2 aromatic heterocycles. The molecular formula is C26H21N5O2. The van der Waals surface area contributed by atoms with Gasteiger partial charge in [-0.2, -0.15) is 5.10 Å². The molecule has 7 heteroatoms. The van der Waals surface area contributed by atoms with Gasteiger partial charge in [0.05, 0.1) is 16.6 Å². The minimum Gasteiger partial charge on any atom is -0.308 e. The van der Waals surface area contributed by atoms with Crippen LogP contribution >= 0.6 is 0 Å². The molecule has 2 amide bonds. The fourth-order valence-electron chi connectivity index (χ4n) is 3.77. The van der Waals surface area contributed by atoms with Gasteiger partial charge in [-0.1, -0.05) is 42.0 Å². The second-order valence-corrected chi connectivity index (χ2v) is 7.92. The number of rotatable bonds is 4. The number of carbonyl (C=O) groups excluding carboxylic acids is 1. The summed E-state index contributed by atoms with van der Waals surface area (Å²) in [6.45, 7) is 1.98. The summed E-state index contributed by atoms with van der Waals surface area (Å²) in [5.41, 5.74) is 4.66. The molecule has 0 aliphatic rings. The highest BCUT2D eigenvalue weighted by Gasteiger charge is 2.11. The van der Waals surface area contributed by atoms with Crippen LogP contribution in [0, 0.1) is 6.92 Å². The predicted octanol–water partition coefficient (Wildman–Crippen LogP) is 5.01. The van der Waals surface area contributed by atoms with E-state index in [4.69, 9.17) is 0 Å². The molecule has 5 rings (SSSR count). The second-order valence-electron chi connectivity index (χ2n) is 7.92. The molecule has 0 spiro atoms. The number of H-pyrrole nitrogens is 1. The number of hydrogen-bond donors (Lipinski definition) is 3. The van der Waals surface area contributed by atoms with Crippen LogP contribution in [0.3, 0.4) is 0 Å². The number of pyridine rings is 1. The summed E-state index contributed by atoms with van der Waals surface area (Å²) in [5, 5.41) is 14.6. The van der Waals surface area contributed by atoms with Crippen molar-refractivity contribution in [2.45, 2.75) is 13.3 Å². The molecule has 0 fully saturated rings. The Labute approximate surface area is 189 Å². The van der Waals surface area contributed by atoms with E-state index in [9.17, 15) is 9.59 Å². The summed E-state index contributed by atoms with van der Waals surface area (Å²) in [6.07, 6.45) is 2.35. The van der Waals surface area contributed by atoms with Crippen LogP contribution in [-0.2, 0) is 6.42 Å². The molecular weight excluding hydrogens is 414 g/mol. The van der Waals surface area contributed by atoms with E-state index < -0.39 is 0 Å². The van der Waals surface area contributed by atoms with Gasteiger partial charge in [-0.3, -0.25) is 9.78 Å². The summed E-state index contributed by atoms with van der Waals surface area (Å²) >= 11 is 0. The average Bonchev–Trinajstić information content (AvgIpc) is 2.82. The second kappa shape index (κ2) is 8.55. The molecule has 5 aromatic rings. The van der Waals surface area contributed by atoms with Crippen LogP contribution in [-0.4, -0.2) is 21.2 Å². The quantitative estimate of drug-likeness (QED) is 0.369. The van der Waals surface area contributed by atoms with E-state index in [0.29, 0.717) is 23.2 Å². The Morgan fingerprint density at radius 3 is 2.52 bits per heavy atom. The molecule has 3 aromatic carbocycles. The number of nitrogens with one attached hydrogen (secondary N) is 3. The molecule has 0 saturated heterocycles. The SMILES string of the molecule is Cc1ccc(NC(=O)Nc2ccc3c(Cc4cnc5ccccc5c4)n[nH]c(=O)c3c2)cc1. The van der Waals surface area contributed by atoms with E-state index in [2.05, 4.69) is 31.9 Å². The molecule has 0 atom stereocenters. The average molecular weight is 435 g/mol. The van der Waals surface area contributed by atoms with E-state index in [-0.39, 0.29) is 11.6 Å². The van der Waals surface area contributed by atoms with Crippen molar-refractivity contribution in [3.05, 3.63) is 106 Å². The number of benzene rings is 3. The molecule has 162 valence electrons. The Balaban J connectivity index is 1.40. The van der Waals surface area contributed by atoms with E-state index in [1.807, 2.05) is 67.7 Å². The van der Waals surface area contributed by atoms with E-state index in [0.717, 1.165) is 33.1 Å². The summed E-state index contributed by atoms with van der Waals surface area (Å²) in [5.74, 6) is 0. The molecule has 0 aliphatic carbocycles. The third-order valence-corrected chi connectivity index (χ3v) is 5.45. The molecule has 0 bridgehead atoms. The third-order valence-electron chi connectivity index (χ3n) is 5.45. The number of nitrogens with zero attached hydrogens (tertiary/aromatic N) is 2. The van der Waals surface area contributed by atoms with Crippen LogP contribution in [0.15, 0.2) is 83.8 Å². The Morgan fingerprint density at radius 1 is 0.909 bits per heavy atom. The monoisotopic (exact) mass is 435 g/mol. The van der Waals surface area contributed by atoms with Gasteiger partial charge in [0.1, 0.15) is 0 Å². The zero-order chi connectivity index (χ0) is 22.8. The van der Waals surface area contributed by atoms with Crippen LogP contribution in [0.25, 0.3) is 21.7 Å². The van der Waals surface area contributed by atoms with Gasteiger partial charge in [0.2, 0.25) is 0 Å². The lowest BCUT2D eigenvalue weighted by atomic mass is 10.0. The first-order valence-corrected chi connectivity index (χ1v) is 10.5. The standard InChI is InChI=1S/C26H21N5O2/c1-16-6-8-19(9-7-16)28-26(33)29-20-10-11-21-22(14-20)25(32)31-30-24(21)13-17-12-18-4-2-3-5-23(18)27-15-17/h2-12,14-15H,13H2,1H3,(H,31,32)(H2,28,29,33). The van der Waals surface area contributed by atoms with Crippen molar-refractivity contribution in [2.24, 2.45) is 0 Å². The predicted molar refractivity (Wildman–Crippen MR) is 131 cm³/mol. The van der Waals surface area contributed by atoms with Gasteiger partial charge >= 0.3 is 6.03 Å². The van der Waals surface area contributed by atoms with Gasteiger partial charge in [-0.15, -0.1) is 0 Å². The third kappa shape index (κ3) is 4.43. The maximum Gasteiger partial charge on any atom is 0.323 e. The van der Waals surface area contributed by atoms with Crippen molar-refractivity contribution in [3.8, 4) is 0 Å². The van der Waals surface area contributed by atoms with Crippen molar-refractivity contribution >= 4 is 39.1 Å². The Kier molecular flexibility index (Phi) is 5.28. The van der Waals surface area contributed by atoms with Gasteiger partial charge in [-0.05, 0) is 48.9 Å². The summed E-state index contributed by atoms with van der Waals surface area (Å²) in [6, 6.07) is 22.4. The van der Waals surface area contributed by atoms with Crippen LogP contribution in [0.1, 0.15) is 16.8 Å². The highest BCUT2D eigenvalue weighted by atomic mass is 16.2. The number of urea groups is 1. The van der Waals surface area contributed by atoms with Crippen molar-refractivity contribution in [3.63, 3.8) is 0 Å². The van der Waals surface area contributed by atoms with Gasteiger partial charge in [0.15, 0.2) is 0 Å². The van der Waals surface area contributed by atoms with Crippen molar-refractivity contribution in [1.29, 1.82) is 0 Å². The molecule has 7 nitrogen and oxygen atoms in total. The summed E-state index contributed by atoms with van der Waals surface area (Å²) < 4.78 is 0. The van der Waals surface area contributed by atoms with Gasteiger partial charge in [0.25, 0.3) is 5.56 Å². The van der Waals surface area contributed by atoms with Crippen LogP contribution in [0.5, 0.6) is 0 Å². The topological polar surface area (TPSA) is 99.8 Å². The maximum atomic E-state index is 12.5. The minimum absolute atomic E-state index is 0.312. The number of para-hydroxylation sites is 1. The fourth-order valence-corrected chi connectivity index (χ4v) is 3.77. The molecule has 0 radical (unpaired) electrons. The Hall–Kier alpha value is -4.52. The van der Waals surface area contributed by atoms with Crippen LogP contribution < -0.4 is 16.2 Å². The fraction of sp³-hybridized carbons (Fsp3) is 0.0769. The van der Waals surface area contributed by atoms with Crippen LogP contribution in [0.4, 0.5) is 16.2 Å². The molecule has 3 N–H and O–H groups in total. The van der Waals surface area contributed by atoms with E-state index in [1.165, 1.54) is 0 Å². The lowest BCUT2D eigenvalue weighted by Gasteiger charge is -2.10. The number of fused-ring (bicyclic) bond motifs is 2. The van der Waals surface area contributed by atoms with Gasteiger partial charge in [0, 0.05) is 34.8 Å². The Morgan fingerprint density at radius 2 is 1.67 bits per heavy atom. The zero-order valence-corrected chi connectivity index (χ0v) is 17.9. The van der Waals surface area contributed by atoms with Gasteiger partial charge < -0.3 is 10.6 Å². The first-order chi connectivity index (χ1) is 16.0. The number of amides is 2. The molecule has 33 heavy (non-hydrogen) atoms. The maximum absolute atomic E-state index is 12.5. The number of anilines is 2. The van der Waals surface area contributed by atoms with Crippen molar-refractivity contribution in [1.82, 2.24) is 15.2 Å². The molecule has 2 heterocycles. The zero-order valence-electron chi connectivity index (χ0n) is 17.9. The van der Waals surface area contributed by atoms with Crippen LogP contribution in [0.2, 0.25) is 0 Å². The minimum atomic E-state index is -0.383. The highest BCUT2D eigenvalue weighted by Crippen LogP contribution is 2.22. The molecule has 0 unspecified atom stereocenters. The van der Waals surface area contributed by atoms with Crippen molar-refractivity contribution < 1.29 is 4.79 Å². The number of aromatic nitrogens is 3. The summed E-state index contributed by atoms with van der Waals surface area (Å²) in [7, 11) is 0. The lowest BCUT2D eigenvalue weighted by Crippen LogP contribution is -2.19. The normalized spacial score (nSPS) is 10.9. The van der Waals surface area contributed by atoms with E-state index >= 15 is 0 Å². The number of hydrogen-bond acceptors (Lipinski definition) is 4. The number of aromatic amines is 1. The Bertz CT molecular complexity index is 1540. The van der Waals surface area contributed by atoms with Crippen molar-refractivity contribution in [2.75, 3.05) is 10.6 Å². The number of carbonyl (C=O) groups is 1. The smallest absolute Gasteiger partial charge is 0.308 e. The highest BCUT2D eigenvalue weighted by molar-refractivity contribution is 6.01. The first-order valence-electron chi connectivity index (χ1n) is 10.5. The first kappa shape index (κ1) is 20.4. The molecule has 0 saturated carbocycles. The molecule has 0 aliphatic heterocycles. The van der Waals surface area contributed by atoms with Gasteiger partial charge in [-0.25, -0.2) is 9.89 Å². The number of aryl methyl sites for hydroxylation is 1. The van der Waals surface area contributed by atoms with E-state index in [1.54, 1.807) is 12.1 Å². The largest absolute Gasteiger partial charge is 0.323 e. The summed E-state index contributed by atoms with van der Waals surface area (Å²) in [4.78, 5) is 29.3. The lowest BCUT2D eigenvalue weighted by molar-refractivity contribution is 0.262.